The molecule has 0 aliphatic heterocycles. The fraction of sp³-hybridized carbons (Fsp3) is 0.545. The molecule has 3 heteroatoms. The van der Waals surface area contributed by atoms with Gasteiger partial charge in [-0.25, -0.2) is 0 Å². The van der Waals surface area contributed by atoms with Crippen LogP contribution in [0.5, 0.6) is 0 Å². The van der Waals surface area contributed by atoms with Crippen LogP contribution in [-0.4, -0.2) is 6.11 Å². The van der Waals surface area contributed by atoms with Gasteiger partial charge in [0.25, 0.3) is 0 Å². The SMILES string of the molecule is C=CCCC1CCC(CC(F)(F)OCc2ccc(C=CC)cc2)CC1. The van der Waals surface area contributed by atoms with Gasteiger partial charge in [0.15, 0.2) is 0 Å². The summed E-state index contributed by atoms with van der Waals surface area (Å²) in [6, 6.07) is 7.52. The summed E-state index contributed by atoms with van der Waals surface area (Å²) in [4.78, 5) is 0. The van der Waals surface area contributed by atoms with E-state index in [1.165, 1.54) is 0 Å². The molecule has 0 spiro atoms. The Morgan fingerprint density at radius 2 is 1.76 bits per heavy atom. The van der Waals surface area contributed by atoms with E-state index in [1.54, 1.807) is 0 Å². The Labute approximate surface area is 150 Å². The van der Waals surface area contributed by atoms with Gasteiger partial charge in [-0.1, -0.05) is 55.3 Å². The molecule has 0 amide bonds. The van der Waals surface area contributed by atoms with Gasteiger partial charge in [-0.05, 0) is 55.6 Å². The maximum atomic E-state index is 14.1. The summed E-state index contributed by atoms with van der Waals surface area (Å²) in [6.45, 7) is 5.65. The van der Waals surface area contributed by atoms with E-state index in [0.717, 1.165) is 49.7 Å². The van der Waals surface area contributed by atoms with E-state index in [-0.39, 0.29) is 18.9 Å². The molecule has 2 rings (SSSR count). The predicted molar refractivity (Wildman–Crippen MR) is 100 cm³/mol. The molecule has 0 aromatic heterocycles. The summed E-state index contributed by atoms with van der Waals surface area (Å²) in [7, 11) is 0. The Morgan fingerprint density at radius 3 is 2.36 bits per heavy atom. The Bertz CT molecular complexity index is 540. The molecule has 1 saturated carbocycles. The first-order valence-electron chi connectivity index (χ1n) is 9.36. The van der Waals surface area contributed by atoms with Crippen LogP contribution in [0.2, 0.25) is 0 Å². The van der Waals surface area contributed by atoms with Gasteiger partial charge in [0.05, 0.1) is 6.61 Å². The van der Waals surface area contributed by atoms with Gasteiger partial charge in [-0.3, -0.25) is 0 Å². The number of benzene rings is 1. The number of rotatable bonds is 9. The van der Waals surface area contributed by atoms with Crippen LogP contribution in [0.15, 0.2) is 43.0 Å². The summed E-state index contributed by atoms with van der Waals surface area (Å²) in [5.41, 5.74) is 1.84. The average molecular weight is 348 g/mol. The van der Waals surface area contributed by atoms with Gasteiger partial charge < -0.3 is 4.74 Å². The van der Waals surface area contributed by atoms with E-state index in [1.807, 2.05) is 49.4 Å². The molecule has 0 radical (unpaired) electrons. The van der Waals surface area contributed by atoms with Gasteiger partial charge in [0, 0.05) is 6.42 Å². The molecule has 0 atom stereocenters. The molecule has 0 bridgehead atoms. The van der Waals surface area contributed by atoms with Crippen molar-refractivity contribution < 1.29 is 13.5 Å². The average Bonchev–Trinajstić information content (AvgIpc) is 2.61. The highest BCUT2D eigenvalue weighted by molar-refractivity contribution is 5.49. The van der Waals surface area contributed by atoms with Gasteiger partial charge in [0.1, 0.15) is 0 Å². The lowest BCUT2D eigenvalue weighted by atomic mass is 9.78. The zero-order valence-corrected chi connectivity index (χ0v) is 15.2. The maximum Gasteiger partial charge on any atom is 0.356 e. The minimum Gasteiger partial charge on any atom is -0.316 e. The van der Waals surface area contributed by atoms with E-state index in [9.17, 15) is 8.78 Å². The minimum atomic E-state index is -3.04. The van der Waals surface area contributed by atoms with E-state index in [4.69, 9.17) is 4.74 Å². The molecular weight excluding hydrogens is 318 g/mol. The molecule has 1 aromatic carbocycles. The number of ether oxygens (including phenoxy) is 1. The minimum absolute atomic E-state index is 0.0439. The van der Waals surface area contributed by atoms with Crippen LogP contribution in [0.25, 0.3) is 6.08 Å². The third-order valence-electron chi connectivity index (χ3n) is 5.06. The molecule has 0 unspecified atom stereocenters. The maximum absolute atomic E-state index is 14.1. The van der Waals surface area contributed by atoms with Crippen LogP contribution < -0.4 is 0 Å². The molecule has 138 valence electrons. The molecular formula is C22H30F2O. The summed E-state index contributed by atoms with van der Waals surface area (Å²) < 4.78 is 33.2. The predicted octanol–water partition coefficient (Wildman–Crippen LogP) is 6.99. The largest absolute Gasteiger partial charge is 0.356 e. The third-order valence-corrected chi connectivity index (χ3v) is 5.06. The lowest BCUT2D eigenvalue weighted by Crippen LogP contribution is -2.27. The van der Waals surface area contributed by atoms with Crippen molar-refractivity contribution in [2.24, 2.45) is 11.8 Å². The van der Waals surface area contributed by atoms with Crippen molar-refractivity contribution in [3.05, 3.63) is 54.1 Å². The lowest BCUT2D eigenvalue weighted by Gasteiger charge is -2.30. The van der Waals surface area contributed by atoms with Crippen LogP contribution in [0.3, 0.4) is 0 Å². The monoisotopic (exact) mass is 348 g/mol. The summed E-state index contributed by atoms with van der Waals surface area (Å²) in [5, 5.41) is 0. The van der Waals surface area contributed by atoms with E-state index >= 15 is 0 Å². The number of hydrogen-bond donors (Lipinski definition) is 0. The first-order chi connectivity index (χ1) is 12.0. The van der Waals surface area contributed by atoms with Crippen molar-refractivity contribution in [3.63, 3.8) is 0 Å². The highest BCUT2D eigenvalue weighted by Crippen LogP contribution is 2.38. The van der Waals surface area contributed by atoms with Gasteiger partial charge in [-0.15, -0.1) is 6.58 Å². The Hall–Kier alpha value is -1.48. The van der Waals surface area contributed by atoms with Gasteiger partial charge in [-0.2, -0.15) is 8.78 Å². The molecule has 25 heavy (non-hydrogen) atoms. The second kappa shape index (κ2) is 9.86. The van der Waals surface area contributed by atoms with Crippen molar-refractivity contribution in [3.8, 4) is 0 Å². The normalized spacial score (nSPS) is 21.6. The molecule has 1 aliphatic carbocycles. The second-order valence-electron chi connectivity index (χ2n) is 7.12. The first-order valence-corrected chi connectivity index (χ1v) is 9.36. The molecule has 0 saturated heterocycles. The van der Waals surface area contributed by atoms with Crippen LogP contribution >= 0.6 is 0 Å². The Balaban J connectivity index is 1.75. The van der Waals surface area contributed by atoms with Gasteiger partial charge in [0.2, 0.25) is 0 Å². The highest BCUT2D eigenvalue weighted by Gasteiger charge is 2.35. The summed E-state index contributed by atoms with van der Waals surface area (Å²) >= 11 is 0. The van der Waals surface area contributed by atoms with E-state index < -0.39 is 6.11 Å². The van der Waals surface area contributed by atoms with E-state index in [0.29, 0.717) is 5.92 Å². The molecule has 0 heterocycles. The fourth-order valence-electron chi connectivity index (χ4n) is 3.58. The summed E-state index contributed by atoms with van der Waals surface area (Å²) in [5.74, 6) is 0.756. The van der Waals surface area contributed by atoms with Gasteiger partial charge >= 0.3 is 6.11 Å². The quantitative estimate of drug-likeness (QED) is 0.437. The van der Waals surface area contributed by atoms with E-state index in [2.05, 4.69) is 6.58 Å². The van der Waals surface area contributed by atoms with Crippen molar-refractivity contribution in [1.82, 2.24) is 0 Å². The second-order valence-corrected chi connectivity index (χ2v) is 7.12. The van der Waals surface area contributed by atoms with Crippen LogP contribution in [0.1, 0.15) is 63.0 Å². The van der Waals surface area contributed by atoms with Crippen LogP contribution in [0.4, 0.5) is 8.78 Å². The molecule has 0 N–H and O–H groups in total. The number of allylic oxidation sites excluding steroid dienone is 2. The van der Waals surface area contributed by atoms with Crippen LogP contribution in [-0.2, 0) is 11.3 Å². The summed E-state index contributed by atoms with van der Waals surface area (Å²) in [6.07, 6.45) is 8.74. The highest BCUT2D eigenvalue weighted by atomic mass is 19.3. The fourth-order valence-corrected chi connectivity index (χ4v) is 3.58. The number of halogens is 2. The molecule has 1 aliphatic rings. The Kier molecular flexibility index (Phi) is 7.83. The first kappa shape index (κ1) is 19.8. The third kappa shape index (κ3) is 7.11. The molecule has 1 nitrogen and oxygen atoms in total. The smallest absolute Gasteiger partial charge is 0.316 e. The Morgan fingerprint density at radius 1 is 1.12 bits per heavy atom. The topological polar surface area (TPSA) is 9.23 Å². The zero-order chi connectivity index (χ0) is 18.1. The number of alkyl halides is 2. The molecule has 1 fully saturated rings. The lowest BCUT2D eigenvalue weighted by molar-refractivity contribution is -0.256. The van der Waals surface area contributed by atoms with Crippen LogP contribution in [0, 0.1) is 11.8 Å². The number of hydrogen-bond acceptors (Lipinski definition) is 1. The van der Waals surface area contributed by atoms with Crippen molar-refractivity contribution in [1.29, 1.82) is 0 Å². The zero-order valence-electron chi connectivity index (χ0n) is 15.2. The van der Waals surface area contributed by atoms with Crippen molar-refractivity contribution in [2.75, 3.05) is 0 Å². The van der Waals surface area contributed by atoms with Crippen molar-refractivity contribution >= 4 is 6.08 Å². The molecule has 1 aromatic rings. The standard InChI is InChI=1S/C22H30F2O/c1-3-5-7-19-8-12-20(13-9-19)16-22(23,24)25-17-21-14-10-18(6-4-2)11-15-21/h3-4,6,10-11,14-15,19-20H,1,5,7-9,12-13,16-17H2,2H3. The van der Waals surface area contributed by atoms with Crippen molar-refractivity contribution in [2.45, 2.75) is 64.6 Å².